The van der Waals surface area contributed by atoms with E-state index in [-0.39, 0.29) is 5.82 Å². The van der Waals surface area contributed by atoms with Crippen molar-refractivity contribution in [2.75, 3.05) is 7.11 Å². The molecule has 0 aliphatic heterocycles. The van der Waals surface area contributed by atoms with E-state index in [2.05, 4.69) is 0 Å². The topological polar surface area (TPSA) is 9.23 Å². The fourth-order valence-electron chi connectivity index (χ4n) is 2.28. The fraction of sp³-hybridized carbons (Fsp3) is 0.0588. The van der Waals surface area contributed by atoms with Crippen LogP contribution in [0.4, 0.5) is 4.39 Å². The summed E-state index contributed by atoms with van der Waals surface area (Å²) in [5, 5.41) is 1.57. The van der Waals surface area contributed by atoms with Gasteiger partial charge in [-0.3, -0.25) is 0 Å². The molecule has 0 aliphatic carbocycles. The van der Waals surface area contributed by atoms with Crippen molar-refractivity contribution in [3.63, 3.8) is 0 Å². The van der Waals surface area contributed by atoms with Crippen molar-refractivity contribution in [1.82, 2.24) is 0 Å². The molecule has 0 amide bonds. The van der Waals surface area contributed by atoms with Gasteiger partial charge in [0.05, 0.1) is 7.11 Å². The molecule has 0 saturated heterocycles. The average molecular weight is 252 g/mol. The molecule has 0 atom stereocenters. The number of rotatable bonds is 2. The van der Waals surface area contributed by atoms with Crippen molar-refractivity contribution in [2.24, 2.45) is 0 Å². The molecule has 3 rings (SSSR count). The van der Waals surface area contributed by atoms with Gasteiger partial charge in [-0.1, -0.05) is 42.5 Å². The Hall–Kier alpha value is -2.35. The SMILES string of the molecule is COc1ccc(-c2ccc(F)c3ccccc23)cc1. The van der Waals surface area contributed by atoms with Crippen LogP contribution >= 0.6 is 0 Å². The monoisotopic (exact) mass is 252 g/mol. The first-order valence-corrected chi connectivity index (χ1v) is 6.11. The predicted molar refractivity (Wildman–Crippen MR) is 75.9 cm³/mol. The van der Waals surface area contributed by atoms with Gasteiger partial charge >= 0.3 is 0 Å². The molecule has 0 unspecified atom stereocenters. The number of ether oxygens (including phenoxy) is 1. The summed E-state index contributed by atoms with van der Waals surface area (Å²) in [6, 6.07) is 18.6. The van der Waals surface area contributed by atoms with Crippen LogP contribution in [0.5, 0.6) is 5.75 Å². The molecule has 0 radical (unpaired) electrons. The largest absolute Gasteiger partial charge is 0.497 e. The second kappa shape index (κ2) is 4.73. The molecular formula is C17H13FO. The smallest absolute Gasteiger partial charge is 0.131 e. The first-order chi connectivity index (χ1) is 9.29. The molecule has 0 bridgehead atoms. The predicted octanol–water partition coefficient (Wildman–Crippen LogP) is 4.65. The van der Waals surface area contributed by atoms with Gasteiger partial charge in [-0.25, -0.2) is 4.39 Å². The number of halogens is 1. The van der Waals surface area contributed by atoms with Crippen LogP contribution in [0.1, 0.15) is 0 Å². The van der Waals surface area contributed by atoms with Gasteiger partial charge in [0.25, 0.3) is 0 Å². The van der Waals surface area contributed by atoms with E-state index < -0.39 is 0 Å². The number of fused-ring (bicyclic) bond motifs is 1. The van der Waals surface area contributed by atoms with Crippen LogP contribution in [-0.4, -0.2) is 7.11 Å². The number of methoxy groups -OCH3 is 1. The van der Waals surface area contributed by atoms with Crippen molar-refractivity contribution < 1.29 is 9.13 Å². The van der Waals surface area contributed by atoms with Crippen molar-refractivity contribution in [3.05, 3.63) is 66.5 Å². The molecule has 3 aromatic rings. The molecule has 0 saturated carbocycles. The summed E-state index contributed by atoms with van der Waals surface area (Å²) in [5.74, 6) is 0.628. The highest BCUT2D eigenvalue weighted by Gasteiger charge is 2.07. The third-order valence-corrected chi connectivity index (χ3v) is 3.27. The Morgan fingerprint density at radius 3 is 2.16 bits per heavy atom. The van der Waals surface area contributed by atoms with Gasteiger partial charge in [-0.2, -0.15) is 0 Å². The van der Waals surface area contributed by atoms with Crippen LogP contribution in [0.3, 0.4) is 0 Å². The Bertz CT molecular complexity index is 717. The molecule has 0 N–H and O–H groups in total. The Kier molecular flexibility index (Phi) is 2.92. The standard InChI is InChI=1S/C17H13FO/c1-19-13-8-6-12(7-9-13)14-10-11-17(18)16-5-3-2-4-15(14)16/h2-11H,1H3. The summed E-state index contributed by atoms with van der Waals surface area (Å²) in [5.41, 5.74) is 2.08. The van der Waals surface area contributed by atoms with Crippen LogP contribution in [-0.2, 0) is 0 Å². The van der Waals surface area contributed by atoms with Gasteiger partial charge in [-0.05, 0) is 34.7 Å². The molecule has 3 aromatic carbocycles. The van der Waals surface area contributed by atoms with Crippen LogP contribution in [0.2, 0.25) is 0 Å². The van der Waals surface area contributed by atoms with Gasteiger partial charge in [0, 0.05) is 5.39 Å². The maximum atomic E-state index is 13.8. The third-order valence-electron chi connectivity index (χ3n) is 3.27. The minimum Gasteiger partial charge on any atom is -0.497 e. The van der Waals surface area contributed by atoms with Gasteiger partial charge in [-0.15, -0.1) is 0 Å². The van der Waals surface area contributed by atoms with Crippen LogP contribution in [0.15, 0.2) is 60.7 Å². The molecule has 1 nitrogen and oxygen atoms in total. The Labute approximate surface area is 111 Å². The summed E-state index contributed by atoms with van der Waals surface area (Å²) in [7, 11) is 1.64. The molecule has 94 valence electrons. The van der Waals surface area contributed by atoms with Crippen molar-refractivity contribution >= 4 is 10.8 Å². The molecule has 0 fully saturated rings. The Morgan fingerprint density at radius 2 is 1.47 bits per heavy atom. The lowest BCUT2D eigenvalue weighted by molar-refractivity contribution is 0.415. The second-order valence-corrected chi connectivity index (χ2v) is 4.37. The lowest BCUT2D eigenvalue weighted by atomic mass is 9.98. The van der Waals surface area contributed by atoms with Crippen LogP contribution < -0.4 is 4.74 Å². The summed E-state index contributed by atoms with van der Waals surface area (Å²) in [4.78, 5) is 0. The highest BCUT2D eigenvalue weighted by molar-refractivity contribution is 5.97. The van der Waals surface area contributed by atoms with E-state index >= 15 is 0 Å². The second-order valence-electron chi connectivity index (χ2n) is 4.37. The van der Waals surface area contributed by atoms with Crippen molar-refractivity contribution in [1.29, 1.82) is 0 Å². The van der Waals surface area contributed by atoms with Crippen molar-refractivity contribution in [2.45, 2.75) is 0 Å². The lowest BCUT2D eigenvalue weighted by Crippen LogP contribution is -1.86. The zero-order chi connectivity index (χ0) is 13.2. The third kappa shape index (κ3) is 2.06. The van der Waals surface area contributed by atoms with E-state index in [9.17, 15) is 4.39 Å². The first kappa shape index (κ1) is 11.7. The summed E-state index contributed by atoms with van der Waals surface area (Å²) < 4.78 is 18.9. The van der Waals surface area contributed by atoms with Gasteiger partial charge in [0.1, 0.15) is 11.6 Å². The van der Waals surface area contributed by atoms with E-state index in [1.54, 1.807) is 13.2 Å². The van der Waals surface area contributed by atoms with E-state index in [1.807, 2.05) is 48.5 Å². The molecule has 0 spiro atoms. The summed E-state index contributed by atoms with van der Waals surface area (Å²) >= 11 is 0. The highest BCUT2D eigenvalue weighted by atomic mass is 19.1. The van der Waals surface area contributed by atoms with E-state index in [4.69, 9.17) is 4.74 Å². The maximum Gasteiger partial charge on any atom is 0.131 e. The van der Waals surface area contributed by atoms with E-state index in [1.165, 1.54) is 6.07 Å². The highest BCUT2D eigenvalue weighted by Crippen LogP contribution is 2.31. The van der Waals surface area contributed by atoms with E-state index in [0.717, 1.165) is 22.3 Å². The quantitative estimate of drug-likeness (QED) is 0.644. The zero-order valence-electron chi connectivity index (χ0n) is 10.6. The minimum absolute atomic E-state index is 0.187. The molecule has 0 aromatic heterocycles. The maximum absolute atomic E-state index is 13.8. The van der Waals surface area contributed by atoms with Crippen molar-refractivity contribution in [3.8, 4) is 16.9 Å². The Morgan fingerprint density at radius 1 is 0.789 bits per heavy atom. The normalized spacial score (nSPS) is 10.6. The molecular weight excluding hydrogens is 239 g/mol. The van der Waals surface area contributed by atoms with Gasteiger partial charge < -0.3 is 4.74 Å². The number of benzene rings is 3. The first-order valence-electron chi connectivity index (χ1n) is 6.11. The van der Waals surface area contributed by atoms with Gasteiger partial charge in [0.2, 0.25) is 0 Å². The molecule has 0 aliphatic rings. The van der Waals surface area contributed by atoms with E-state index in [0.29, 0.717) is 5.39 Å². The molecule has 0 heterocycles. The van der Waals surface area contributed by atoms with Crippen LogP contribution in [0.25, 0.3) is 21.9 Å². The average Bonchev–Trinajstić information content (AvgIpc) is 2.48. The number of hydrogen-bond donors (Lipinski definition) is 0. The zero-order valence-corrected chi connectivity index (χ0v) is 10.6. The number of hydrogen-bond acceptors (Lipinski definition) is 1. The van der Waals surface area contributed by atoms with Gasteiger partial charge in [0.15, 0.2) is 0 Å². The van der Waals surface area contributed by atoms with Crippen LogP contribution in [0, 0.1) is 5.82 Å². The summed E-state index contributed by atoms with van der Waals surface area (Å²) in [6.07, 6.45) is 0. The fourth-order valence-corrected chi connectivity index (χ4v) is 2.28. The summed E-state index contributed by atoms with van der Waals surface area (Å²) in [6.45, 7) is 0. The molecule has 19 heavy (non-hydrogen) atoms. The Balaban J connectivity index is 2.21. The minimum atomic E-state index is -0.187. The molecule has 2 heteroatoms. The lowest BCUT2D eigenvalue weighted by Gasteiger charge is -2.08.